The predicted octanol–water partition coefficient (Wildman–Crippen LogP) is 5.18. The van der Waals surface area contributed by atoms with Gasteiger partial charge < -0.3 is 4.90 Å². The Labute approximate surface area is 178 Å². The second kappa shape index (κ2) is 9.70. The monoisotopic (exact) mass is 405 g/mol. The fourth-order valence-corrected chi connectivity index (χ4v) is 3.90. The van der Waals surface area contributed by atoms with Gasteiger partial charge in [0, 0.05) is 13.0 Å². The van der Waals surface area contributed by atoms with Crippen molar-refractivity contribution in [3.05, 3.63) is 70.3 Å². The van der Waals surface area contributed by atoms with Crippen LogP contribution in [0, 0.1) is 6.92 Å². The van der Waals surface area contributed by atoms with Gasteiger partial charge in [0.25, 0.3) is 5.56 Å². The van der Waals surface area contributed by atoms with Crippen molar-refractivity contribution in [3.63, 3.8) is 0 Å². The summed E-state index contributed by atoms with van der Waals surface area (Å²) < 4.78 is 1.69. The molecule has 2 aromatic carbocycles. The van der Waals surface area contributed by atoms with E-state index in [-0.39, 0.29) is 17.5 Å². The molecule has 0 spiro atoms. The summed E-state index contributed by atoms with van der Waals surface area (Å²) in [6, 6.07) is 15.0. The second-order valence-corrected chi connectivity index (χ2v) is 7.67. The van der Waals surface area contributed by atoms with E-state index < -0.39 is 0 Å². The summed E-state index contributed by atoms with van der Waals surface area (Å²) in [7, 11) is 0. The van der Waals surface area contributed by atoms with Gasteiger partial charge >= 0.3 is 0 Å². The first-order valence-electron chi connectivity index (χ1n) is 10.9. The van der Waals surface area contributed by atoms with Gasteiger partial charge in [0.15, 0.2) is 0 Å². The van der Waals surface area contributed by atoms with Crippen LogP contribution in [0.15, 0.2) is 53.3 Å². The topological polar surface area (TPSA) is 55.2 Å². The number of aromatic nitrogens is 2. The SMILES string of the molecule is CCCCC(=O)N(CC)C(CC)c1nc2ccccc2c(=O)n1-c1ccc(C)cc1. The van der Waals surface area contributed by atoms with Crippen LogP contribution in [-0.4, -0.2) is 26.9 Å². The van der Waals surface area contributed by atoms with E-state index in [0.29, 0.717) is 36.1 Å². The van der Waals surface area contributed by atoms with E-state index in [1.54, 1.807) is 4.57 Å². The third-order valence-electron chi connectivity index (χ3n) is 5.56. The van der Waals surface area contributed by atoms with Gasteiger partial charge in [-0.15, -0.1) is 0 Å². The largest absolute Gasteiger partial charge is 0.333 e. The van der Waals surface area contributed by atoms with E-state index in [1.807, 2.05) is 74.2 Å². The summed E-state index contributed by atoms with van der Waals surface area (Å²) in [5.74, 6) is 0.737. The molecule has 0 saturated heterocycles. The Balaban J connectivity index is 2.23. The summed E-state index contributed by atoms with van der Waals surface area (Å²) in [4.78, 5) is 33.3. The zero-order valence-electron chi connectivity index (χ0n) is 18.4. The quantitative estimate of drug-likeness (QED) is 0.519. The summed E-state index contributed by atoms with van der Waals surface area (Å²) in [5.41, 5.74) is 2.46. The van der Waals surface area contributed by atoms with Gasteiger partial charge in [0.05, 0.1) is 22.6 Å². The fraction of sp³-hybridized carbons (Fsp3) is 0.400. The first kappa shape index (κ1) is 21.8. The Bertz CT molecular complexity index is 1070. The van der Waals surface area contributed by atoms with Crippen molar-refractivity contribution >= 4 is 16.8 Å². The van der Waals surface area contributed by atoms with Crippen LogP contribution in [-0.2, 0) is 4.79 Å². The first-order valence-corrected chi connectivity index (χ1v) is 10.9. The number of hydrogen-bond acceptors (Lipinski definition) is 3. The van der Waals surface area contributed by atoms with E-state index in [2.05, 4.69) is 6.92 Å². The smallest absolute Gasteiger partial charge is 0.266 e. The average Bonchev–Trinajstić information content (AvgIpc) is 2.76. The molecule has 3 aromatic rings. The molecule has 0 saturated carbocycles. The molecule has 3 rings (SSSR count). The number of nitrogens with zero attached hydrogens (tertiary/aromatic N) is 3. The molecule has 0 fully saturated rings. The Kier molecular flexibility index (Phi) is 7.03. The van der Waals surface area contributed by atoms with E-state index in [9.17, 15) is 9.59 Å². The highest BCUT2D eigenvalue weighted by Crippen LogP contribution is 2.26. The van der Waals surface area contributed by atoms with Crippen LogP contribution in [0.5, 0.6) is 0 Å². The van der Waals surface area contributed by atoms with Crippen molar-refractivity contribution in [2.24, 2.45) is 0 Å². The van der Waals surface area contributed by atoms with Gasteiger partial charge in [-0.1, -0.05) is 50.1 Å². The second-order valence-electron chi connectivity index (χ2n) is 7.67. The molecule has 158 valence electrons. The molecule has 5 heteroatoms. The van der Waals surface area contributed by atoms with E-state index in [0.717, 1.165) is 24.1 Å². The number of hydrogen-bond donors (Lipinski definition) is 0. The van der Waals surface area contributed by atoms with E-state index in [4.69, 9.17) is 4.98 Å². The molecule has 0 aliphatic heterocycles. The number of benzene rings is 2. The lowest BCUT2D eigenvalue weighted by atomic mass is 10.1. The average molecular weight is 406 g/mol. The van der Waals surface area contributed by atoms with Crippen LogP contribution in [0.4, 0.5) is 0 Å². The van der Waals surface area contributed by atoms with Crippen LogP contribution in [0.25, 0.3) is 16.6 Å². The summed E-state index contributed by atoms with van der Waals surface area (Å²) >= 11 is 0. The molecule has 0 N–H and O–H groups in total. The number of unbranched alkanes of at least 4 members (excludes halogenated alkanes) is 1. The zero-order chi connectivity index (χ0) is 21.7. The molecule has 30 heavy (non-hydrogen) atoms. The van der Waals surface area contributed by atoms with Crippen LogP contribution in [0.1, 0.15) is 63.9 Å². The molecule has 0 bridgehead atoms. The molecule has 5 nitrogen and oxygen atoms in total. The van der Waals surface area contributed by atoms with Crippen molar-refractivity contribution < 1.29 is 4.79 Å². The minimum Gasteiger partial charge on any atom is -0.333 e. The molecule has 0 aliphatic rings. The van der Waals surface area contributed by atoms with Gasteiger partial charge in [0.2, 0.25) is 5.91 Å². The number of carbonyl (C=O) groups is 1. The number of rotatable bonds is 8. The molecular formula is C25H31N3O2. The number of amides is 1. The molecule has 1 aromatic heterocycles. The molecular weight excluding hydrogens is 374 g/mol. The van der Waals surface area contributed by atoms with Crippen molar-refractivity contribution in [3.8, 4) is 5.69 Å². The third kappa shape index (κ3) is 4.30. The maximum absolute atomic E-state index is 13.5. The van der Waals surface area contributed by atoms with Crippen molar-refractivity contribution in [1.82, 2.24) is 14.5 Å². The summed E-state index contributed by atoms with van der Waals surface area (Å²) in [5, 5.41) is 0.581. The minimum absolute atomic E-state index is 0.102. The van der Waals surface area contributed by atoms with Crippen LogP contribution >= 0.6 is 0 Å². The maximum Gasteiger partial charge on any atom is 0.266 e. The normalized spacial score (nSPS) is 12.1. The van der Waals surface area contributed by atoms with Gasteiger partial charge in [-0.3, -0.25) is 14.2 Å². The predicted molar refractivity (Wildman–Crippen MR) is 122 cm³/mol. The van der Waals surface area contributed by atoms with Crippen LogP contribution in [0.3, 0.4) is 0 Å². The van der Waals surface area contributed by atoms with Crippen LogP contribution < -0.4 is 5.56 Å². The van der Waals surface area contributed by atoms with E-state index in [1.165, 1.54) is 0 Å². The maximum atomic E-state index is 13.5. The zero-order valence-corrected chi connectivity index (χ0v) is 18.4. The van der Waals surface area contributed by atoms with Gasteiger partial charge in [-0.05, 0) is 51.0 Å². The fourth-order valence-electron chi connectivity index (χ4n) is 3.90. The highest BCUT2D eigenvalue weighted by Gasteiger charge is 2.27. The van der Waals surface area contributed by atoms with Gasteiger partial charge in [-0.25, -0.2) is 4.98 Å². The molecule has 0 radical (unpaired) electrons. The number of carbonyl (C=O) groups excluding carboxylic acids is 1. The lowest BCUT2D eigenvalue weighted by Crippen LogP contribution is -2.38. The van der Waals surface area contributed by atoms with Gasteiger partial charge in [0.1, 0.15) is 5.82 Å². The molecule has 1 amide bonds. The van der Waals surface area contributed by atoms with Crippen molar-refractivity contribution in [2.75, 3.05) is 6.54 Å². The molecule has 1 unspecified atom stereocenters. The van der Waals surface area contributed by atoms with Gasteiger partial charge in [-0.2, -0.15) is 0 Å². The number of para-hydroxylation sites is 1. The molecule has 0 aliphatic carbocycles. The van der Waals surface area contributed by atoms with Crippen LogP contribution in [0.2, 0.25) is 0 Å². The molecule has 1 heterocycles. The summed E-state index contributed by atoms with van der Waals surface area (Å²) in [6.07, 6.45) is 3.04. The standard InChI is InChI=1S/C25H31N3O2/c1-5-8-13-23(29)27(7-3)22(6-2)24-26-21-12-10-9-11-20(21)25(30)28(24)19-16-14-18(4)15-17-19/h9-12,14-17,22H,5-8,13H2,1-4H3. The summed E-state index contributed by atoms with van der Waals surface area (Å²) in [6.45, 7) is 8.72. The highest BCUT2D eigenvalue weighted by molar-refractivity contribution is 5.79. The van der Waals surface area contributed by atoms with E-state index >= 15 is 0 Å². The third-order valence-corrected chi connectivity index (χ3v) is 5.56. The highest BCUT2D eigenvalue weighted by atomic mass is 16.2. The minimum atomic E-state index is -0.266. The Morgan fingerprint density at radius 1 is 1.07 bits per heavy atom. The Morgan fingerprint density at radius 2 is 1.77 bits per heavy atom. The van der Waals surface area contributed by atoms with Crippen molar-refractivity contribution in [2.45, 2.75) is 59.4 Å². The molecule has 1 atom stereocenters. The number of fused-ring (bicyclic) bond motifs is 1. The Morgan fingerprint density at radius 3 is 2.40 bits per heavy atom. The number of aryl methyl sites for hydroxylation is 1. The lowest BCUT2D eigenvalue weighted by molar-refractivity contribution is -0.133. The first-order chi connectivity index (χ1) is 14.5. The lowest BCUT2D eigenvalue weighted by Gasteiger charge is -2.31. The Hall–Kier alpha value is -2.95. The van der Waals surface area contributed by atoms with Crippen molar-refractivity contribution in [1.29, 1.82) is 0 Å².